The Bertz CT molecular complexity index is 926. The van der Waals surface area contributed by atoms with Crippen LogP contribution < -0.4 is 5.32 Å². The second-order valence-electron chi connectivity index (χ2n) is 6.72. The molecule has 2 aromatic heterocycles. The van der Waals surface area contributed by atoms with Crippen LogP contribution >= 0.6 is 0 Å². The van der Waals surface area contributed by atoms with Crippen molar-refractivity contribution in [2.45, 2.75) is 46.7 Å². The predicted octanol–water partition coefficient (Wildman–Crippen LogP) is 3.62. The number of nitrogens with zero attached hydrogens (tertiary/aromatic N) is 4. The molecule has 1 aromatic carbocycles. The summed E-state index contributed by atoms with van der Waals surface area (Å²) in [4.78, 5) is 17.0. The maximum atomic E-state index is 12.6. The zero-order valence-electron chi connectivity index (χ0n) is 15.6. The summed E-state index contributed by atoms with van der Waals surface area (Å²) >= 11 is 0. The van der Waals surface area contributed by atoms with E-state index in [1.165, 1.54) is 0 Å². The van der Waals surface area contributed by atoms with Gasteiger partial charge in [0.15, 0.2) is 0 Å². The van der Waals surface area contributed by atoms with Crippen LogP contribution in [0.2, 0.25) is 0 Å². The van der Waals surface area contributed by atoms with Crippen molar-refractivity contribution in [3.05, 3.63) is 53.2 Å². The number of carbonyl (C=O) groups excluding carboxylic acids is 1. The van der Waals surface area contributed by atoms with Gasteiger partial charge in [-0.15, -0.1) is 0 Å². The normalized spacial score (nSPS) is 12.4. The van der Waals surface area contributed by atoms with Crippen LogP contribution in [-0.2, 0) is 0 Å². The number of aryl methyl sites for hydroxylation is 2. The molecular formula is C19H23N5O2. The van der Waals surface area contributed by atoms with Crippen molar-refractivity contribution in [1.82, 2.24) is 25.2 Å². The topological polar surface area (TPSA) is 85.8 Å². The van der Waals surface area contributed by atoms with E-state index >= 15 is 0 Å². The molecule has 7 nitrogen and oxygen atoms in total. The van der Waals surface area contributed by atoms with Crippen LogP contribution in [-0.4, -0.2) is 25.8 Å². The highest BCUT2D eigenvalue weighted by Crippen LogP contribution is 2.20. The van der Waals surface area contributed by atoms with Gasteiger partial charge in [-0.05, 0) is 40.7 Å². The lowest BCUT2D eigenvalue weighted by Gasteiger charge is -2.08. The summed E-state index contributed by atoms with van der Waals surface area (Å²) < 4.78 is 7.11. The zero-order chi connectivity index (χ0) is 18.8. The van der Waals surface area contributed by atoms with Gasteiger partial charge in [-0.3, -0.25) is 9.48 Å². The van der Waals surface area contributed by atoms with E-state index < -0.39 is 6.04 Å². The largest absolute Gasteiger partial charge is 0.340 e. The fraction of sp³-hybridized carbons (Fsp3) is 0.368. The second kappa shape index (κ2) is 7.11. The van der Waals surface area contributed by atoms with Crippen LogP contribution in [0.1, 0.15) is 60.4 Å². The number of amides is 1. The number of rotatable bonds is 5. The third kappa shape index (κ3) is 3.66. The van der Waals surface area contributed by atoms with E-state index in [0.717, 1.165) is 11.1 Å². The number of benzene rings is 1. The highest BCUT2D eigenvalue weighted by Gasteiger charge is 2.21. The van der Waals surface area contributed by atoms with Crippen LogP contribution in [0, 0.1) is 13.8 Å². The fourth-order valence-corrected chi connectivity index (χ4v) is 2.62. The van der Waals surface area contributed by atoms with Gasteiger partial charge in [0.2, 0.25) is 11.7 Å². The van der Waals surface area contributed by atoms with E-state index in [0.29, 0.717) is 23.0 Å². The Morgan fingerprint density at radius 3 is 2.65 bits per heavy atom. The van der Waals surface area contributed by atoms with E-state index in [-0.39, 0.29) is 11.9 Å². The van der Waals surface area contributed by atoms with Crippen molar-refractivity contribution in [2.24, 2.45) is 0 Å². The first kappa shape index (κ1) is 17.8. The first-order chi connectivity index (χ1) is 12.3. The summed E-state index contributed by atoms with van der Waals surface area (Å²) in [5, 5.41) is 11.3. The summed E-state index contributed by atoms with van der Waals surface area (Å²) in [5.41, 5.74) is 3.23. The van der Waals surface area contributed by atoms with Gasteiger partial charge in [0.1, 0.15) is 6.04 Å². The van der Waals surface area contributed by atoms with E-state index in [1.54, 1.807) is 10.9 Å². The van der Waals surface area contributed by atoms with Gasteiger partial charge in [-0.2, -0.15) is 10.1 Å². The van der Waals surface area contributed by atoms with Gasteiger partial charge in [0.05, 0.1) is 11.3 Å². The van der Waals surface area contributed by atoms with Gasteiger partial charge < -0.3 is 9.84 Å². The Hall–Kier alpha value is -2.96. The van der Waals surface area contributed by atoms with Crippen LogP contribution in [0.5, 0.6) is 0 Å². The summed E-state index contributed by atoms with van der Waals surface area (Å²) in [5.74, 6) is 0.662. The molecule has 1 N–H and O–H groups in total. The maximum absolute atomic E-state index is 12.6. The van der Waals surface area contributed by atoms with E-state index in [9.17, 15) is 4.79 Å². The minimum atomic E-state index is -0.407. The highest BCUT2D eigenvalue weighted by molar-refractivity contribution is 5.95. The monoisotopic (exact) mass is 353 g/mol. The number of carbonyl (C=O) groups is 1. The minimum absolute atomic E-state index is 0.195. The number of hydrogen-bond donors (Lipinski definition) is 1. The van der Waals surface area contributed by atoms with Crippen LogP contribution in [0.15, 0.2) is 35.0 Å². The molecule has 3 rings (SSSR count). The summed E-state index contributed by atoms with van der Waals surface area (Å²) in [6, 6.07) is 7.65. The first-order valence-corrected chi connectivity index (χ1v) is 8.62. The molecule has 7 heteroatoms. The molecule has 2 heterocycles. The van der Waals surface area contributed by atoms with Crippen molar-refractivity contribution in [3.8, 4) is 11.4 Å². The number of nitrogens with one attached hydrogen (secondary N) is 1. The molecule has 0 saturated carbocycles. The molecule has 0 radical (unpaired) electrons. The Balaban J connectivity index is 1.74. The van der Waals surface area contributed by atoms with Gasteiger partial charge in [0, 0.05) is 17.8 Å². The van der Waals surface area contributed by atoms with E-state index in [4.69, 9.17) is 4.52 Å². The van der Waals surface area contributed by atoms with Crippen LogP contribution in [0.3, 0.4) is 0 Å². The molecule has 0 fully saturated rings. The summed E-state index contributed by atoms with van der Waals surface area (Å²) in [7, 11) is 0. The third-order valence-corrected chi connectivity index (χ3v) is 4.13. The standard InChI is InChI=1S/C19H23N5O2/c1-11(2)24-10-16(13(4)22-24)18(25)20-14(5)19-21-17(23-26-19)15-8-6-7-12(3)9-15/h6-11,14H,1-5H3,(H,20,25)/t14-/m0/s1. The van der Waals surface area contributed by atoms with E-state index in [1.807, 2.05) is 58.9 Å². The Morgan fingerprint density at radius 2 is 2.00 bits per heavy atom. The van der Waals surface area contributed by atoms with Crippen LogP contribution in [0.25, 0.3) is 11.4 Å². The molecule has 0 saturated heterocycles. The lowest BCUT2D eigenvalue weighted by atomic mass is 10.1. The molecule has 0 aliphatic rings. The molecule has 26 heavy (non-hydrogen) atoms. The molecule has 0 spiro atoms. The Labute approximate surface area is 152 Å². The number of hydrogen-bond acceptors (Lipinski definition) is 5. The zero-order valence-corrected chi connectivity index (χ0v) is 15.6. The third-order valence-electron chi connectivity index (χ3n) is 4.13. The van der Waals surface area contributed by atoms with Crippen molar-refractivity contribution in [1.29, 1.82) is 0 Å². The molecule has 0 bridgehead atoms. The molecule has 136 valence electrons. The van der Waals surface area contributed by atoms with Gasteiger partial charge >= 0.3 is 0 Å². The second-order valence-corrected chi connectivity index (χ2v) is 6.72. The molecule has 0 unspecified atom stereocenters. The molecule has 0 aliphatic heterocycles. The van der Waals surface area contributed by atoms with Crippen molar-refractivity contribution in [2.75, 3.05) is 0 Å². The summed E-state index contributed by atoms with van der Waals surface area (Å²) in [6.45, 7) is 9.67. The van der Waals surface area contributed by atoms with Gasteiger partial charge in [-0.25, -0.2) is 0 Å². The average Bonchev–Trinajstić information content (AvgIpc) is 3.21. The highest BCUT2D eigenvalue weighted by atomic mass is 16.5. The lowest BCUT2D eigenvalue weighted by Crippen LogP contribution is -2.27. The van der Waals surface area contributed by atoms with Crippen molar-refractivity contribution < 1.29 is 9.32 Å². The van der Waals surface area contributed by atoms with Crippen LogP contribution in [0.4, 0.5) is 0 Å². The van der Waals surface area contributed by atoms with Gasteiger partial charge in [-0.1, -0.05) is 28.9 Å². The van der Waals surface area contributed by atoms with Crippen molar-refractivity contribution >= 4 is 5.91 Å². The quantitative estimate of drug-likeness (QED) is 0.757. The molecule has 1 atom stereocenters. The fourth-order valence-electron chi connectivity index (χ4n) is 2.62. The number of aromatic nitrogens is 4. The SMILES string of the molecule is Cc1cccc(-c2noc([C@H](C)NC(=O)c3cn(C(C)C)nc3C)n2)c1. The Morgan fingerprint density at radius 1 is 1.23 bits per heavy atom. The summed E-state index contributed by atoms with van der Waals surface area (Å²) in [6.07, 6.45) is 1.76. The smallest absolute Gasteiger partial charge is 0.255 e. The lowest BCUT2D eigenvalue weighted by molar-refractivity contribution is 0.0932. The van der Waals surface area contributed by atoms with Gasteiger partial charge in [0.25, 0.3) is 5.91 Å². The maximum Gasteiger partial charge on any atom is 0.255 e. The first-order valence-electron chi connectivity index (χ1n) is 8.62. The van der Waals surface area contributed by atoms with E-state index in [2.05, 4.69) is 20.6 Å². The molecule has 0 aliphatic carbocycles. The minimum Gasteiger partial charge on any atom is -0.340 e. The average molecular weight is 353 g/mol. The molecule has 3 aromatic rings. The van der Waals surface area contributed by atoms with Crippen molar-refractivity contribution in [3.63, 3.8) is 0 Å². The molecule has 1 amide bonds. The molecular weight excluding hydrogens is 330 g/mol. The predicted molar refractivity (Wildman–Crippen MR) is 97.7 cm³/mol. The Kier molecular flexibility index (Phi) is 4.88.